The molecule has 0 spiro atoms. The molecule has 152 valence electrons. The van der Waals surface area contributed by atoms with Crippen molar-refractivity contribution in [2.24, 2.45) is 5.92 Å². The molecule has 1 aliphatic rings. The molecule has 1 N–H and O–H groups in total. The van der Waals surface area contributed by atoms with Crippen LogP contribution >= 0.6 is 0 Å². The number of sulfonamides is 1. The summed E-state index contributed by atoms with van der Waals surface area (Å²) in [6.45, 7) is 2.54. The molecule has 1 aliphatic heterocycles. The van der Waals surface area contributed by atoms with Crippen molar-refractivity contribution in [3.8, 4) is 0 Å². The van der Waals surface area contributed by atoms with Gasteiger partial charge in [0, 0.05) is 18.8 Å². The number of hydrogen-bond acceptors (Lipinski definition) is 6. The highest BCUT2D eigenvalue weighted by atomic mass is 32.2. The van der Waals surface area contributed by atoms with Crippen LogP contribution < -0.4 is 5.32 Å². The van der Waals surface area contributed by atoms with Gasteiger partial charge in [-0.15, -0.1) is 0 Å². The van der Waals surface area contributed by atoms with Crippen LogP contribution in [0.1, 0.15) is 25.3 Å². The average Bonchev–Trinajstić information content (AvgIpc) is 3.22. The zero-order valence-electron chi connectivity index (χ0n) is 16.0. The lowest BCUT2D eigenvalue weighted by Gasteiger charge is -2.31. The number of nitrogens with one attached hydrogen (secondary N) is 1. The maximum absolute atomic E-state index is 13.2. The van der Waals surface area contributed by atoms with Gasteiger partial charge in [0.1, 0.15) is 10.4 Å². The van der Waals surface area contributed by atoms with Gasteiger partial charge in [0.15, 0.2) is 5.52 Å². The number of fused-ring (bicyclic) bond motifs is 1. The van der Waals surface area contributed by atoms with Crippen LogP contribution in [0.25, 0.3) is 11.0 Å². The largest absolute Gasteiger partial charge is 0.326 e. The van der Waals surface area contributed by atoms with Crippen LogP contribution in [0.3, 0.4) is 0 Å². The molecule has 1 fully saturated rings. The molecule has 0 radical (unpaired) electrons. The third-order valence-electron chi connectivity index (χ3n) is 5.22. The van der Waals surface area contributed by atoms with E-state index in [0.717, 1.165) is 17.7 Å². The fraction of sp³-hybridized carbons (Fsp3) is 0.350. The number of aromatic nitrogens is 2. The minimum atomic E-state index is -3.82. The van der Waals surface area contributed by atoms with Gasteiger partial charge in [-0.3, -0.25) is 4.79 Å². The number of carbonyl (C=O) groups is 1. The molecule has 8 nitrogen and oxygen atoms in total. The van der Waals surface area contributed by atoms with Gasteiger partial charge >= 0.3 is 0 Å². The van der Waals surface area contributed by atoms with Crippen molar-refractivity contribution in [1.29, 1.82) is 0 Å². The molecule has 4 rings (SSSR count). The van der Waals surface area contributed by atoms with Crippen LogP contribution in [0.5, 0.6) is 0 Å². The molecule has 0 bridgehead atoms. The highest BCUT2D eigenvalue weighted by molar-refractivity contribution is 7.89. The van der Waals surface area contributed by atoms with Crippen molar-refractivity contribution in [3.05, 3.63) is 48.0 Å². The first-order valence-corrected chi connectivity index (χ1v) is 11.0. The predicted octanol–water partition coefficient (Wildman–Crippen LogP) is 2.82. The Morgan fingerprint density at radius 1 is 1.24 bits per heavy atom. The minimum absolute atomic E-state index is 0.0490. The van der Waals surface area contributed by atoms with Gasteiger partial charge in [0.25, 0.3) is 0 Å². The lowest BCUT2D eigenvalue weighted by molar-refractivity contribution is -0.120. The van der Waals surface area contributed by atoms with Crippen molar-refractivity contribution in [1.82, 2.24) is 14.6 Å². The Balaban J connectivity index is 1.53. The Hall–Kier alpha value is -2.78. The van der Waals surface area contributed by atoms with Crippen molar-refractivity contribution >= 4 is 32.7 Å². The summed E-state index contributed by atoms with van der Waals surface area (Å²) in [4.78, 5) is 12.8. The van der Waals surface area contributed by atoms with Crippen LogP contribution in [0, 0.1) is 5.92 Å². The number of benzene rings is 2. The summed E-state index contributed by atoms with van der Waals surface area (Å²) in [5.74, 6) is -0.585. The maximum Gasteiger partial charge on any atom is 0.245 e. The molecule has 1 atom stereocenters. The number of rotatable bonds is 5. The molecule has 2 heterocycles. The highest BCUT2D eigenvalue weighted by Gasteiger charge is 2.34. The van der Waals surface area contributed by atoms with Crippen molar-refractivity contribution in [3.63, 3.8) is 0 Å². The molecular weight excluding hydrogens is 392 g/mol. The van der Waals surface area contributed by atoms with Crippen molar-refractivity contribution in [2.75, 3.05) is 18.4 Å². The molecule has 0 unspecified atom stereocenters. The second-order valence-electron chi connectivity index (χ2n) is 7.13. The van der Waals surface area contributed by atoms with E-state index in [4.69, 9.17) is 0 Å². The quantitative estimate of drug-likeness (QED) is 0.688. The summed E-state index contributed by atoms with van der Waals surface area (Å²) in [5, 5.41) is 10.4. The Kier molecular flexibility index (Phi) is 5.33. The number of anilines is 1. The second kappa shape index (κ2) is 7.92. The van der Waals surface area contributed by atoms with Gasteiger partial charge in [0.2, 0.25) is 15.9 Å². The van der Waals surface area contributed by atoms with E-state index in [9.17, 15) is 13.2 Å². The van der Waals surface area contributed by atoms with Crippen LogP contribution in [0.4, 0.5) is 5.69 Å². The van der Waals surface area contributed by atoms with E-state index in [-0.39, 0.29) is 22.9 Å². The SMILES string of the molecule is CCc1cccc(NC(=O)[C@@H]2CCCN(S(=O)(=O)c3cccc4nonc34)C2)c1. The van der Waals surface area contributed by atoms with Gasteiger partial charge in [-0.2, -0.15) is 4.31 Å². The first-order valence-electron chi connectivity index (χ1n) is 9.60. The van der Waals surface area contributed by atoms with Crippen molar-refractivity contribution < 1.29 is 17.8 Å². The Morgan fingerprint density at radius 2 is 2.07 bits per heavy atom. The molecule has 0 aliphatic carbocycles. The van der Waals surface area contributed by atoms with Gasteiger partial charge in [-0.25, -0.2) is 13.0 Å². The number of amides is 1. The molecule has 2 aromatic carbocycles. The summed E-state index contributed by atoms with van der Waals surface area (Å²) >= 11 is 0. The van der Waals surface area contributed by atoms with Gasteiger partial charge in [-0.05, 0) is 59.4 Å². The van der Waals surface area contributed by atoms with E-state index in [1.54, 1.807) is 12.1 Å². The lowest BCUT2D eigenvalue weighted by Crippen LogP contribution is -2.43. The van der Waals surface area contributed by atoms with Crippen LogP contribution in [-0.2, 0) is 21.2 Å². The number of aryl methyl sites for hydroxylation is 1. The van der Waals surface area contributed by atoms with E-state index >= 15 is 0 Å². The normalized spacial score (nSPS) is 18.0. The third kappa shape index (κ3) is 3.88. The van der Waals surface area contributed by atoms with E-state index in [1.807, 2.05) is 24.3 Å². The zero-order chi connectivity index (χ0) is 20.4. The molecule has 1 amide bonds. The lowest BCUT2D eigenvalue weighted by atomic mass is 9.98. The number of hydrogen-bond donors (Lipinski definition) is 1. The van der Waals surface area contributed by atoms with E-state index in [2.05, 4.69) is 27.2 Å². The molecule has 0 saturated carbocycles. The van der Waals surface area contributed by atoms with Gasteiger partial charge < -0.3 is 5.32 Å². The topological polar surface area (TPSA) is 105 Å². The van der Waals surface area contributed by atoms with E-state index < -0.39 is 15.9 Å². The molecule has 3 aromatic rings. The molecule has 29 heavy (non-hydrogen) atoms. The summed E-state index contributed by atoms with van der Waals surface area (Å²) in [5.41, 5.74) is 2.45. The summed E-state index contributed by atoms with van der Waals surface area (Å²) in [6.07, 6.45) is 2.13. The number of piperidine rings is 1. The van der Waals surface area contributed by atoms with Crippen molar-refractivity contribution in [2.45, 2.75) is 31.1 Å². The Morgan fingerprint density at radius 3 is 2.90 bits per heavy atom. The van der Waals surface area contributed by atoms with E-state index in [0.29, 0.717) is 24.9 Å². The van der Waals surface area contributed by atoms with Crippen LogP contribution in [0.2, 0.25) is 0 Å². The summed E-state index contributed by atoms with van der Waals surface area (Å²) in [6, 6.07) is 12.4. The fourth-order valence-corrected chi connectivity index (χ4v) is 5.28. The Labute approximate surface area is 168 Å². The minimum Gasteiger partial charge on any atom is -0.326 e. The smallest absolute Gasteiger partial charge is 0.245 e. The van der Waals surface area contributed by atoms with Gasteiger partial charge in [0.05, 0.1) is 5.92 Å². The van der Waals surface area contributed by atoms with Gasteiger partial charge in [-0.1, -0.05) is 25.1 Å². The molecule has 1 aromatic heterocycles. The first kappa shape index (κ1) is 19.5. The summed E-state index contributed by atoms with van der Waals surface area (Å²) in [7, 11) is -3.82. The Bertz CT molecular complexity index is 1140. The standard InChI is InChI=1S/C20H22N4O4S/c1-2-14-6-3-8-16(12-14)21-20(25)15-7-5-11-24(13-15)29(26,27)18-10-4-9-17-19(18)23-28-22-17/h3-4,6,8-10,12,15H,2,5,7,11,13H2,1H3,(H,21,25)/t15-/m1/s1. The zero-order valence-corrected chi connectivity index (χ0v) is 16.9. The molecule has 9 heteroatoms. The fourth-order valence-electron chi connectivity index (χ4n) is 3.62. The number of nitrogens with zero attached hydrogens (tertiary/aromatic N) is 3. The monoisotopic (exact) mass is 414 g/mol. The average molecular weight is 414 g/mol. The van der Waals surface area contributed by atoms with Crippen LogP contribution in [0.15, 0.2) is 52.0 Å². The summed E-state index contributed by atoms with van der Waals surface area (Å²) < 4.78 is 32.4. The highest BCUT2D eigenvalue weighted by Crippen LogP contribution is 2.28. The first-order chi connectivity index (χ1) is 14.0. The molecule has 1 saturated heterocycles. The molecular formula is C20H22N4O4S. The maximum atomic E-state index is 13.2. The predicted molar refractivity (Wildman–Crippen MR) is 108 cm³/mol. The van der Waals surface area contributed by atoms with E-state index in [1.165, 1.54) is 10.4 Å². The van der Waals surface area contributed by atoms with Crippen LogP contribution in [-0.4, -0.2) is 42.0 Å². The third-order valence-corrected chi connectivity index (χ3v) is 7.12. The second-order valence-corrected chi connectivity index (χ2v) is 9.04. The number of carbonyl (C=O) groups excluding carboxylic acids is 1.